The van der Waals surface area contributed by atoms with Gasteiger partial charge in [-0.05, 0) is 55.3 Å². The number of aromatic amines is 1. The highest BCUT2D eigenvalue weighted by molar-refractivity contribution is 5.45. The van der Waals surface area contributed by atoms with Crippen molar-refractivity contribution in [2.45, 2.75) is 25.9 Å². The van der Waals surface area contributed by atoms with Gasteiger partial charge >= 0.3 is 0 Å². The molecule has 1 aromatic heterocycles. The smallest absolute Gasteiger partial charge is 0.0415 e. The molecule has 0 amide bonds. The summed E-state index contributed by atoms with van der Waals surface area (Å²) in [5.74, 6) is 0. The maximum atomic E-state index is 3.43. The molecule has 3 nitrogen and oxygen atoms in total. The number of benzene rings is 1. The van der Waals surface area contributed by atoms with E-state index in [1.165, 1.54) is 42.7 Å². The molecule has 2 heterocycles. The molecule has 0 bridgehead atoms. The van der Waals surface area contributed by atoms with Crippen LogP contribution in [0.15, 0.2) is 42.7 Å². The summed E-state index contributed by atoms with van der Waals surface area (Å²) in [6.07, 6.45) is 6.69. The zero-order valence-corrected chi connectivity index (χ0v) is 11.2. The average molecular weight is 255 g/mol. The second-order valence-corrected chi connectivity index (χ2v) is 5.25. The maximum absolute atomic E-state index is 3.43. The van der Waals surface area contributed by atoms with Crippen LogP contribution in [0, 0.1) is 0 Å². The van der Waals surface area contributed by atoms with E-state index in [9.17, 15) is 0 Å². The van der Waals surface area contributed by atoms with Crippen LogP contribution in [0.2, 0.25) is 0 Å². The molecule has 3 rings (SSSR count). The Hall–Kier alpha value is -1.74. The number of hydrogen-bond acceptors (Lipinski definition) is 2. The summed E-state index contributed by atoms with van der Waals surface area (Å²) in [4.78, 5) is 5.60. The summed E-state index contributed by atoms with van der Waals surface area (Å²) in [7, 11) is 0. The van der Waals surface area contributed by atoms with Crippen molar-refractivity contribution < 1.29 is 0 Å². The quantitative estimate of drug-likeness (QED) is 0.859. The van der Waals surface area contributed by atoms with Gasteiger partial charge in [-0.3, -0.25) is 4.90 Å². The van der Waals surface area contributed by atoms with Gasteiger partial charge < -0.3 is 10.3 Å². The van der Waals surface area contributed by atoms with E-state index in [1.807, 2.05) is 12.4 Å². The van der Waals surface area contributed by atoms with Crippen molar-refractivity contribution in [2.75, 3.05) is 18.4 Å². The van der Waals surface area contributed by atoms with E-state index in [1.54, 1.807) is 0 Å². The van der Waals surface area contributed by atoms with Gasteiger partial charge in [0.2, 0.25) is 0 Å². The second-order valence-electron chi connectivity index (χ2n) is 5.25. The Morgan fingerprint density at radius 2 is 1.79 bits per heavy atom. The molecule has 3 heteroatoms. The third kappa shape index (κ3) is 3.38. The van der Waals surface area contributed by atoms with E-state index in [-0.39, 0.29) is 0 Å². The number of likely N-dealkylation sites (tertiary alicyclic amines) is 1. The van der Waals surface area contributed by atoms with E-state index < -0.39 is 0 Å². The first kappa shape index (κ1) is 12.3. The molecule has 1 fully saturated rings. The van der Waals surface area contributed by atoms with Crippen molar-refractivity contribution in [3.63, 3.8) is 0 Å². The monoisotopic (exact) mass is 255 g/mol. The molecule has 0 unspecified atom stereocenters. The highest BCUT2D eigenvalue weighted by atomic mass is 15.1. The largest absolute Gasteiger partial charge is 0.381 e. The van der Waals surface area contributed by atoms with Gasteiger partial charge in [-0.15, -0.1) is 0 Å². The Kier molecular flexibility index (Phi) is 3.84. The van der Waals surface area contributed by atoms with Gasteiger partial charge in [-0.2, -0.15) is 0 Å². The van der Waals surface area contributed by atoms with Crippen LogP contribution in [0.25, 0.3) is 0 Å². The summed E-state index contributed by atoms with van der Waals surface area (Å²) in [6, 6.07) is 10.9. The standard InChI is InChI=1S/C16H21N3/c1-2-10-19(9-1)13-14-3-5-16(6-4-14)18-12-15-7-8-17-11-15/h3-8,11,17-18H,1-2,9-10,12-13H2. The lowest BCUT2D eigenvalue weighted by Gasteiger charge is -2.14. The topological polar surface area (TPSA) is 31.1 Å². The van der Waals surface area contributed by atoms with E-state index in [0.717, 1.165) is 13.1 Å². The summed E-state index contributed by atoms with van der Waals surface area (Å²) in [6.45, 7) is 4.48. The van der Waals surface area contributed by atoms with Crippen LogP contribution in [-0.4, -0.2) is 23.0 Å². The zero-order valence-electron chi connectivity index (χ0n) is 11.2. The summed E-state index contributed by atoms with van der Waals surface area (Å²) >= 11 is 0. The Bertz CT molecular complexity index is 481. The summed E-state index contributed by atoms with van der Waals surface area (Å²) in [5.41, 5.74) is 3.88. The molecule has 19 heavy (non-hydrogen) atoms. The van der Waals surface area contributed by atoms with E-state index >= 15 is 0 Å². The summed E-state index contributed by atoms with van der Waals surface area (Å²) < 4.78 is 0. The maximum Gasteiger partial charge on any atom is 0.0415 e. The van der Waals surface area contributed by atoms with Crippen molar-refractivity contribution in [1.29, 1.82) is 0 Å². The summed E-state index contributed by atoms with van der Waals surface area (Å²) in [5, 5.41) is 3.43. The van der Waals surface area contributed by atoms with Gasteiger partial charge in [-0.1, -0.05) is 12.1 Å². The highest BCUT2D eigenvalue weighted by Crippen LogP contribution is 2.15. The molecular formula is C16H21N3. The van der Waals surface area contributed by atoms with E-state index in [2.05, 4.69) is 45.5 Å². The number of aromatic nitrogens is 1. The van der Waals surface area contributed by atoms with Crippen molar-refractivity contribution in [1.82, 2.24) is 9.88 Å². The predicted octanol–water partition coefficient (Wildman–Crippen LogP) is 3.22. The third-order valence-electron chi connectivity index (χ3n) is 3.72. The number of H-pyrrole nitrogens is 1. The lowest BCUT2D eigenvalue weighted by Crippen LogP contribution is -2.18. The first-order valence-electron chi connectivity index (χ1n) is 7.07. The molecular weight excluding hydrogens is 234 g/mol. The lowest BCUT2D eigenvalue weighted by molar-refractivity contribution is 0.331. The fourth-order valence-electron chi connectivity index (χ4n) is 2.60. The highest BCUT2D eigenvalue weighted by Gasteiger charge is 2.11. The molecule has 1 aromatic carbocycles. The molecule has 0 saturated carbocycles. The number of hydrogen-bond donors (Lipinski definition) is 2. The van der Waals surface area contributed by atoms with Crippen LogP contribution < -0.4 is 5.32 Å². The van der Waals surface area contributed by atoms with Gasteiger partial charge in [0.25, 0.3) is 0 Å². The normalized spacial score (nSPS) is 15.8. The molecule has 0 atom stereocenters. The molecule has 1 saturated heterocycles. The fourth-order valence-corrected chi connectivity index (χ4v) is 2.60. The molecule has 2 N–H and O–H groups in total. The van der Waals surface area contributed by atoms with Gasteiger partial charge in [0.1, 0.15) is 0 Å². The van der Waals surface area contributed by atoms with Gasteiger partial charge in [-0.25, -0.2) is 0 Å². The van der Waals surface area contributed by atoms with Crippen LogP contribution in [0.3, 0.4) is 0 Å². The average Bonchev–Trinajstić information content (AvgIpc) is 3.11. The molecule has 1 aliphatic rings. The Balaban J connectivity index is 1.53. The predicted molar refractivity (Wildman–Crippen MR) is 79.1 cm³/mol. The fraction of sp³-hybridized carbons (Fsp3) is 0.375. The molecule has 1 aliphatic heterocycles. The lowest BCUT2D eigenvalue weighted by atomic mass is 10.2. The Morgan fingerprint density at radius 3 is 2.47 bits per heavy atom. The van der Waals surface area contributed by atoms with Gasteiger partial charge in [0, 0.05) is 31.2 Å². The molecule has 0 aliphatic carbocycles. The van der Waals surface area contributed by atoms with Crippen molar-refractivity contribution in [2.24, 2.45) is 0 Å². The number of nitrogens with zero attached hydrogens (tertiary/aromatic N) is 1. The van der Waals surface area contributed by atoms with Crippen molar-refractivity contribution in [3.05, 3.63) is 53.9 Å². The van der Waals surface area contributed by atoms with Crippen LogP contribution in [0.5, 0.6) is 0 Å². The van der Waals surface area contributed by atoms with Crippen LogP contribution in [-0.2, 0) is 13.1 Å². The first-order valence-corrected chi connectivity index (χ1v) is 7.07. The SMILES string of the molecule is c1cc(CNc2ccc(CN3CCCC3)cc2)c[nH]1. The number of nitrogens with one attached hydrogen (secondary N) is 2. The molecule has 0 radical (unpaired) electrons. The van der Waals surface area contributed by atoms with Gasteiger partial charge in [0.15, 0.2) is 0 Å². The number of rotatable bonds is 5. The van der Waals surface area contributed by atoms with Gasteiger partial charge in [0.05, 0.1) is 0 Å². The van der Waals surface area contributed by atoms with Crippen molar-refractivity contribution in [3.8, 4) is 0 Å². The molecule has 2 aromatic rings. The van der Waals surface area contributed by atoms with E-state index in [4.69, 9.17) is 0 Å². The van der Waals surface area contributed by atoms with Crippen LogP contribution in [0.4, 0.5) is 5.69 Å². The van der Waals surface area contributed by atoms with Crippen LogP contribution in [0.1, 0.15) is 24.0 Å². The number of anilines is 1. The van der Waals surface area contributed by atoms with Crippen LogP contribution >= 0.6 is 0 Å². The first-order chi connectivity index (χ1) is 9.40. The second kappa shape index (κ2) is 5.93. The third-order valence-corrected chi connectivity index (χ3v) is 3.72. The minimum Gasteiger partial charge on any atom is -0.381 e. The Morgan fingerprint density at radius 1 is 1.00 bits per heavy atom. The van der Waals surface area contributed by atoms with E-state index in [0.29, 0.717) is 0 Å². The Labute approximate surface area is 114 Å². The minimum absolute atomic E-state index is 0.870. The zero-order chi connectivity index (χ0) is 12.9. The molecule has 100 valence electrons. The molecule has 0 spiro atoms. The van der Waals surface area contributed by atoms with Crippen molar-refractivity contribution >= 4 is 5.69 Å². The minimum atomic E-state index is 0.870.